The van der Waals surface area contributed by atoms with Gasteiger partial charge in [0.05, 0.1) is 33.8 Å². The Morgan fingerprint density at radius 1 is 0.486 bits per heavy atom. The molecule has 0 rings (SSSR count). The maximum Gasteiger partial charge on any atom is 0.306 e. The molecule has 9 nitrogen and oxygen atoms in total. The van der Waals surface area contributed by atoms with Crippen molar-refractivity contribution in [3.63, 3.8) is 0 Å². The van der Waals surface area contributed by atoms with Crippen molar-refractivity contribution in [3.05, 3.63) is 36.5 Å². The number of carbonyl (C=O) groups is 2. The number of hydrogen-bond donors (Lipinski definition) is 1. The normalized spacial score (nSPS) is 13.9. The summed E-state index contributed by atoms with van der Waals surface area (Å²) in [5, 5.41) is 3.03. The topological polar surface area (TPSA) is 114 Å². The van der Waals surface area contributed by atoms with E-state index in [0.717, 1.165) is 77.0 Å². The molecule has 0 aliphatic carbocycles. The Labute approximate surface area is 446 Å². The summed E-state index contributed by atoms with van der Waals surface area (Å²) >= 11 is 0. The van der Waals surface area contributed by atoms with Gasteiger partial charge in [-0.25, -0.2) is 0 Å². The SMILES string of the molecule is CCCCC/C=C\C/C=C\CCCCCCCCCCCC(=O)NC(COP(=O)([O-])OCC[N+](C)(C)C)C(/C=C/CCCCCCCCCCCC)OC(=O)CCCCCCCCCCCCCCCCC. The zero-order valence-electron chi connectivity index (χ0n) is 48.4. The number of unbranched alkanes of at least 4 members (excludes halogenated alkanes) is 36. The van der Waals surface area contributed by atoms with Crippen molar-refractivity contribution in [2.45, 2.75) is 309 Å². The Bertz CT molecular complexity index is 1330. The fourth-order valence-electron chi connectivity index (χ4n) is 9.02. The molecule has 0 saturated heterocycles. The van der Waals surface area contributed by atoms with E-state index in [2.05, 4.69) is 50.4 Å². The van der Waals surface area contributed by atoms with Gasteiger partial charge in [0.1, 0.15) is 19.3 Å². The van der Waals surface area contributed by atoms with E-state index in [4.69, 9.17) is 13.8 Å². The zero-order valence-corrected chi connectivity index (χ0v) is 49.3. The average molecular weight is 1040 g/mol. The van der Waals surface area contributed by atoms with Crippen LogP contribution in [-0.2, 0) is 27.9 Å². The second kappa shape index (κ2) is 52.7. The first-order valence-electron chi connectivity index (χ1n) is 30.8. The third kappa shape index (κ3) is 53.1. The van der Waals surface area contributed by atoms with Crippen LogP contribution in [0, 0.1) is 0 Å². The van der Waals surface area contributed by atoms with Gasteiger partial charge in [0.2, 0.25) is 5.91 Å². The van der Waals surface area contributed by atoms with Crippen LogP contribution in [0.25, 0.3) is 0 Å². The van der Waals surface area contributed by atoms with E-state index in [1.165, 1.54) is 186 Å². The van der Waals surface area contributed by atoms with Crippen molar-refractivity contribution in [3.8, 4) is 0 Å². The molecule has 0 spiro atoms. The molecule has 0 radical (unpaired) electrons. The summed E-state index contributed by atoms with van der Waals surface area (Å²) in [6, 6.07) is -0.886. The molecular weight excluding hydrogens is 916 g/mol. The van der Waals surface area contributed by atoms with Crippen molar-refractivity contribution in [2.75, 3.05) is 40.9 Å². The highest BCUT2D eigenvalue weighted by atomic mass is 31.2. The number of nitrogens with one attached hydrogen (secondary N) is 1. The number of esters is 1. The van der Waals surface area contributed by atoms with Crippen LogP contribution >= 0.6 is 7.82 Å². The van der Waals surface area contributed by atoms with E-state index in [0.29, 0.717) is 17.4 Å². The van der Waals surface area contributed by atoms with Crippen LogP contribution in [0.15, 0.2) is 36.5 Å². The number of likely N-dealkylation sites (N-methyl/N-ethyl adjacent to an activating group) is 1. The van der Waals surface area contributed by atoms with Gasteiger partial charge < -0.3 is 28.5 Å². The van der Waals surface area contributed by atoms with Crippen LogP contribution in [0.4, 0.5) is 0 Å². The number of amides is 1. The summed E-state index contributed by atoms with van der Waals surface area (Å²) < 4.78 is 30.3. The molecule has 0 aromatic heterocycles. The first-order valence-corrected chi connectivity index (χ1v) is 32.3. The number of quaternary nitrogens is 1. The minimum atomic E-state index is -4.69. The third-order valence-electron chi connectivity index (χ3n) is 13.8. The van der Waals surface area contributed by atoms with Gasteiger partial charge >= 0.3 is 5.97 Å². The molecule has 10 heteroatoms. The van der Waals surface area contributed by atoms with Crippen LogP contribution in [0.3, 0.4) is 0 Å². The maximum atomic E-state index is 13.5. The van der Waals surface area contributed by atoms with E-state index in [-0.39, 0.29) is 31.5 Å². The molecular formula is C62H119N2O7P. The Morgan fingerprint density at radius 3 is 1.28 bits per heavy atom. The molecule has 1 N–H and O–H groups in total. The monoisotopic (exact) mass is 1030 g/mol. The summed E-state index contributed by atoms with van der Waals surface area (Å²) in [5.41, 5.74) is 0. The van der Waals surface area contributed by atoms with Crippen LogP contribution < -0.4 is 10.2 Å². The largest absolute Gasteiger partial charge is 0.756 e. The van der Waals surface area contributed by atoms with Crippen molar-refractivity contribution in [1.82, 2.24) is 5.32 Å². The van der Waals surface area contributed by atoms with Crippen molar-refractivity contribution < 1.29 is 37.3 Å². The van der Waals surface area contributed by atoms with E-state index in [1.54, 1.807) is 0 Å². The van der Waals surface area contributed by atoms with E-state index in [9.17, 15) is 19.0 Å². The molecule has 72 heavy (non-hydrogen) atoms. The predicted molar refractivity (Wildman–Crippen MR) is 307 cm³/mol. The molecule has 0 aliphatic heterocycles. The number of phosphoric acid groups is 1. The van der Waals surface area contributed by atoms with Crippen LogP contribution in [-0.4, -0.2) is 69.4 Å². The lowest BCUT2D eigenvalue weighted by atomic mass is 10.0. The highest BCUT2D eigenvalue weighted by Crippen LogP contribution is 2.38. The highest BCUT2D eigenvalue weighted by Gasteiger charge is 2.27. The Kier molecular flexibility index (Phi) is 51.4. The van der Waals surface area contributed by atoms with Crippen LogP contribution in [0.2, 0.25) is 0 Å². The summed E-state index contributed by atoms with van der Waals surface area (Å²) in [7, 11) is 1.19. The number of hydrogen-bond acceptors (Lipinski definition) is 7. The summed E-state index contributed by atoms with van der Waals surface area (Å²) in [4.78, 5) is 39.9. The van der Waals surface area contributed by atoms with Gasteiger partial charge in [-0.3, -0.25) is 14.2 Å². The van der Waals surface area contributed by atoms with Gasteiger partial charge in [-0.05, 0) is 63.9 Å². The van der Waals surface area contributed by atoms with Crippen molar-refractivity contribution in [1.29, 1.82) is 0 Å². The van der Waals surface area contributed by atoms with Crippen molar-refractivity contribution in [2.24, 2.45) is 0 Å². The van der Waals surface area contributed by atoms with Crippen LogP contribution in [0.5, 0.6) is 0 Å². The van der Waals surface area contributed by atoms with Gasteiger partial charge in [0, 0.05) is 12.8 Å². The standard InChI is InChI=1S/C62H119N2O7P/c1-7-10-13-16-19-22-25-28-30-31-32-33-35-36-39-42-45-48-51-54-61(65)63-59(58-70-72(67,68)69-57-56-64(4,5)6)60(53-50-47-44-41-38-27-24-21-18-15-12-9-3)71-62(66)55-52-49-46-43-40-37-34-29-26-23-20-17-14-11-8-2/h19,22,28,30,50,53,59-60H,7-18,20-21,23-27,29,31-49,51-52,54-58H2,1-6H3,(H-,63,65,67,68)/b22-19-,30-28-,53-50+. The van der Waals surface area contributed by atoms with Gasteiger partial charge in [-0.2, -0.15) is 0 Å². The van der Waals surface area contributed by atoms with E-state index in [1.807, 2.05) is 33.3 Å². The fourth-order valence-corrected chi connectivity index (χ4v) is 9.75. The quantitative estimate of drug-likeness (QED) is 0.0212. The number of allylic oxidation sites excluding steroid dienone is 5. The van der Waals surface area contributed by atoms with Gasteiger partial charge in [-0.1, -0.05) is 257 Å². The number of nitrogens with zero attached hydrogens (tertiary/aromatic N) is 1. The van der Waals surface area contributed by atoms with E-state index < -0.39 is 20.0 Å². The Balaban J connectivity index is 5.25. The lowest BCUT2D eigenvalue weighted by molar-refractivity contribution is -0.870. The predicted octanol–water partition coefficient (Wildman–Crippen LogP) is 18.1. The summed E-state index contributed by atoms with van der Waals surface area (Å²) in [6.07, 6.45) is 62.4. The zero-order chi connectivity index (χ0) is 52.9. The smallest absolute Gasteiger partial charge is 0.306 e. The molecule has 0 saturated carbocycles. The summed E-state index contributed by atoms with van der Waals surface area (Å²) in [5.74, 6) is -0.533. The number of rotatable bonds is 56. The minimum Gasteiger partial charge on any atom is -0.756 e. The molecule has 1 amide bonds. The first-order chi connectivity index (χ1) is 34.9. The van der Waals surface area contributed by atoms with Gasteiger partial charge in [0.25, 0.3) is 7.82 Å². The highest BCUT2D eigenvalue weighted by molar-refractivity contribution is 7.45. The number of phosphoric ester groups is 1. The Morgan fingerprint density at radius 2 is 0.847 bits per heavy atom. The van der Waals surface area contributed by atoms with Crippen molar-refractivity contribution >= 4 is 19.7 Å². The van der Waals surface area contributed by atoms with E-state index >= 15 is 0 Å². The molecule has 424 valence electrons. The average Bonchev–Trinajstić information content (AvgIpc) is 3.34. The lowest BCUT2D eigenvalue weighted by Gasteiger charge is -2.30. The van der Waals surface area contributed by atoms with Crippen LogP contribution in [0.1, 0.15) is 297 Å². The lowest BCUT2D eigenvalue weighted by Crippen LogP contribution is -2.47. The molecule has 0 fully saturated rings. The fraction of sp³-hybridized carbons (Fsp3) is 0.871. The number of ether oxygens (including phenoxy) is 1. The summed E-state index contributed by atoms with van der Waals surface area (Å²) in [6.45, 7) is 6.84. The molecule has 0 aromatic carbocycles. The molecule has 0 heterocycles. The number of carbonyl (C=O) groups excluding carboxylic acids is 2. The Hall–Kier alpha value is -1.77. The second-order valence-corrected chi connectivity index (χ2v) is 23.6. The maximum absolute atomic E-state index is 13.5. The van der Waals surface area contributed by atoms with Gasteiger partial charge in [-0.15, -0.1) is 0 Å². The first kappa shape index (κ1) is 70.2. The third-order valence-corrected chi connectivity index (χ3v) is 14.8. The molecule has 0 bridgehead atoms. The molecule has 3 atom stereocenters. The molecule has 3 unspecified atom stereocenters. The minimum absolute atomic E-state index is 0.0209. The molecule has 0 aromatic rings. The second-order valence-electron chi connectivity index (χ2n) is 22.2. The molecule has 0 aliphatic rings. The van der Waals surface area contributed by atoms with Gasteiger partial charge in [0.15, 0.2) is 0 Å².